The molecule has 0 spiro atoms. The first-order valence-corrected chi connectivity index (χ1v) is 12.4. The van der Waals surface area contributed by atoms with E-state index in [1.807, 2.05) is 17.9 Å². The van der Waals surface area contributed by atoms with Crippen molar-refractivity contribution in [1.82, 2.24) is 15.9 Å². The lowest BCUT2D eigenvalue weighted by atomic mass is 9.82. The van der Waals surface area contributed by atoms with E-state index in [2.05, 4.69) is 51.1 Å². The Morgan fingerprint density at radius 3 is 2.35 bits per heavy atom. The first-order chi connectivity index (χ1) is 11.6. The van der Waals surface area contributed by atoms with E-state index in [4.69, 9.17) is 10.2 Å². The quantitative estimate of drug-likeness (QED) is 0.557. The Labute approximate surface area is 159 Å². The molecule has 1 aromatic heterocycles. The molecule has 1 saturated carbocycles. The first kappa shape index (κ1) is 20.9. The summed E-state index contributed by atoms with van der Waals surface area (Å²) >= 11 is 0. The molecule has 0 aliphatic heterocycles. The lowest BCUT2D eigenvalue weighted by Crippen LogP contribution is -2.44. The Bertz CT molecular complexity index is 755. The van der Waals surface area contributed by atoms with Gasteiger partial charge in [0.15, 0.2) is 8.32 Å². The molecule has 1 aliphatic rings. The van der Waals surface area contributed by atoms with Crippen LogP contribution in [0.2, 0.25) is 18.1 Å². The van der Waals surface area contributed by atoms with Crippen molar-refractivity contribution in [1.29, 1.82) is 0 Å². The van der Waals surface area contributed by atoms with Gasteiger partial charge in [-0.2, -0.15) is 5.10 Å². The van der Waals surface area contributed by atoms with Crippen LogP contribution in [0.25, 0.3) is 10.9 Å². The number of nitrogens with two attached hydrogens (primary N) is 1. The molecular weight excluding hydrogens is 340 g/mol. The van der Waals surface area contributed by atoms with Crippen LogP contribution in [-0.4, -0.2) is 24.2 Å². The summed E-state index contributed by atoms with van der Waals surface area (Å²) in [6.45, 7) is 11.6. The molecule has 6 heteroatoms. The summed E-state index contributed by atoms with van der Waals surface area (Å²) in [7, 11) is 0.282. The van der Waals surface area contributed by atoms with Crippen LogP contribution in [0.3, 0.4) is 0 Å². The molecule has 2 aromatic rings. The van der Waals surface area contributed by atoms with Crippen molar-refractivity contribution in [3.8, 4) is 0 Å². The van der Waals surface area contributed by atoms with Crippen LogP contribution in [0.15, 0.2) is 18.3 Å². The molecule has 0 unspecified atom stereocenters. The van der Waals surface area contributed by atoms with E-state index in [-0.39, 0.29) is 11.2 Å². The van der Waals surface area contributed by atoms with Crippen LogP contribution in [0.5, 0.6) is 0 Å². The number of rotatable bonds is 3. The van der Waals surface area contributed by atoms with Crippen LogP contribution < -0.4 is 11.9 Å². The summed E-state index contributed by atoms with van der Waals surface area (Å²) in [5, 5.41) is 5.94. The van der Waals surface area contributed by atoms with Crippen molar-refractivity contribution in [3.05, 3.63) is 23.9 Å². The second-order valence-corrected chi connectivity index (χ2v) is 14.0. The predicted molar refractivity (Wildman–Crippen MR) is 113 cm³/mol. The molecular formula is C20H36N4OSi. The molecule has 0 bridgehead atoms. The van der Waals surface area contributed by atoms with Crippen LogP contribution in [0.4, 0.5) is 5.69 Å². The minimum Gasteiger partial charge on any atom is -0.414 e. The number of hydrogen-bond acceptors (Lipinski definition) is 4. The highest BCUT2D eigenvalue weighted by Gasteiger charge is 2.40. The van der Waals surface area contributed by atoms with Crippen LogP contribution >= 0.6 is 0 Å². The van der Waals surface area contributed by atoms with Crippen LogP contribution in [0, 0.1) is 0 Å². The van der Waals surface area contributed by atoms with E-state index in [0.717, 1.165) is 42.3 Å². The smallest absolute Gasteiger partial charge is 0.192 e. The van der Waals surface area contributed by atoms with E-state index in [0.29, 0.717) is 12.0 Å². The SMILES string of the molecule is Cn1cc2cc(N)c(C3CCC(O[Si](C)(C)C(C)(C)C)CC3)cc2n1.N. The van der Waals surface area contributed by atoms with Crippen molar-refractivity contribution in [2.24, 2.45) is 7.05 Å². The zero-order valence-corrected chi connectivity index (χ0v) is 18.3. The molecule has 0 amide bonds. The summed E-state index contributed by atoms with van der Waals surface area (Å²) in [5.41, 5.74) is 9.59. The normalized spacial score (nSPS) is 21.6. The molecule has 0 radical (unpaired) electrons. The minimum atomic E-state index is -1.68. The number of fused-ring (bicyclic) bond motifs is 1. The third kappa shape index (κ3) is 4.13. The second kappa shape index (κ2) is 7.33. The predicted octanol–water partition coefficient (Wildman–Crippen LogP) is 5.37. The molecule has 0 saturated heterocycles. The van der Waals surface area contributed by atoms with Gasteiger partial charge in [0.05, 0.1) is 5.52 Å². The Morgan fingerprint density at radius 2 is 1.77 bits per heavy atom. The Morgan fingerprint density at radius 1 is 1.15 bits per heavy atom. The van der Waals surface area contributed by atoms with Gasteiger partial charge in [-0.25, -0.2) is 0 Å². The molecule has 26 heavy (non-hydrogen) atoms. The Balaban J connectivity index is 0.00000243. The largest absolute Gasteiger partial charge is 0.414 e. The average molecular weight is 377 g/mol. The Kier molecular flexibility index (Phi) is 5.90. The van der Waals surface area contributed by atoms with Gasteiger partial charge in [0, 0.05) is 30.4 Å². The number of aromatic nitrogens is 2. The number of nitrogen functional groups attached to an aromatic ring is 1. The highest BCUT2D eigenvalue weighted by molar-refractivity contribution is 6.74. The number of anilines is 1. The summed E-state index contributed by atoms with van der Waals surface area (Å²) in [4.78, 5) is 0. The van der Waals surface area contributed by atoms with Gasteiger partial charge in [0.2, 0.25) is 0 Å². The van der Waals surface area contributed by atoms with Crippen molar-refractivity contribution < 1.29 is 4.43 Å². The van der Waals surface area contributed by atoms with Crippen LogP contribution in [-0.2, 0) is 11.5 Å². The highest BCUT2D eigenvalue weighted by atomic mass is 28.4. The van der Waals surface area contributed by atoms with Crippen molar-refractivity contribution in [3.63, 3.8) is 0 Å². The molecule has 1 fully saturated rings. The Hall–Kier alpha value is -1.37. The van der Waals surface area contributed by atoms with Gasteiger partial charge in [-0.15, -0.1) is 0 Å². The maximum atomic E-state index is 6.62. The second-order valence-electron chi connectivity index (χ2n) is 9.19. The van der Waals surface area contributed by atoms with Gasteiger partial charge in [0.1, 0.15) is 0 Å². The third-order valence-electron chi connectivity index (χ3n) is 6.21. The van der Waals surface area contributed by atoms with E-state index in [1.165, 1.54) is 5.56 Å². The van der Waals surface area contributed by atoms with Gasteiger partial charge in [-0.3, -0.25) is 4.68 Å². The van der Waals surface area contributed by atoms with Gasteiger partial charge in [-0.1, -0.05) is 20.8 Å². The molecule has 3 rings (SSSR count). The summed E-state index contributed by atoms with van der Waals surface area (Å²) in [6.07, 6.45) is 7.02. The monoisotopic (exact) mass is 376 g/mol. The summed E-state index contributed by atoms with van der Waals surface area (Å²) in [5.74, 6) is 0.533. The molecule has 5 nitrogen and oxygen atoms in total. The minimum absolute atomic E-state index is 0. The maximum Gasteiger partial charge on any atom is 0.192 e. The lowest BCUT2D eigenvalue weighted by molar-refractivity contribution is 0.130. The number of hydrogen-bond donors (Lipinski definition) is 2. The summed E-state index contributed by atoms with van der Waals surface area (Å²) < 4.78 is 8.48. The first-order valence-electron chi connectivity index (χ1n) is 9.47. The third-order valence-corrected chi connectivity index (χ3v) is 10.7. The van der Waals surface area contributed by atoms with Gasteiger partial charge >= 0.3 is 0 Å². The highest BCUT2D eigenvalue weighted by Crippen LogP contribution is 2.42. The molecule has 5 N–H and O–H groups in total. The van der Waals surface area contributed by atoms with Crippen molar-refractivity contribution in [2.75, 3.05) is 5.73 Å². The van der Waals surface area contributed by atoms with Crippen molar-refractivity contribution in [2.45, 2.75) is 76.6 Å². The van der Waals surface area contributed by atoms with E-state index in [9.17, 15) is 0 Å². The van der Waals surface area contributed by atoms with Crippen LogP contribution in [0.1, 0.15) is 57.9 Å². The zero-order chi connectivity index (χ0) is 18.4. The molecule has 146 valence electrons. The molecule has 0 atom stereocenters. The summed E-state index contributed by atoms with van der Waals surface area (Å²) in [6, 6.07) is 4.28. The zero-order valence-electron chi connectivity index (χ0n) is 17.3. The van der Waals surface area contributed by atoms with E-state index >= 15 is 0 Å². The molecule has 1 heterocycles. The fourth-order valence-electron chi connectivity index (χ4n) is 3.67. The van der Waals surface area contributed by atoms with Gasteiger partial charge < -0.3 is 16.3 Å². The topological polar surface area (TPSA) is 88.1 Å². The number of aryl methyl sites for hydroxylation is 1. The van der Waals surface area contributed by atoms with E-state index < -0.39 is 8.32 Å². The average Bonchev–Trinajstić information content (AvgIpc) is 2.85. The maximum absolute atomic E-state index is 6.62. The lowest BCUT2D eigenvalue weighted by Gasteiger charge is -2.41. The van der Waals surface area contributed by atoms with E-state index in [1.54, 1.807) is 0 Å². The molecule has 1 aromatic carbocycles. The molecule has 1 aliphatic carbocycles. The number of nitrogens with zero attached hydrogens (tertiary/aromatic N) is 2. The standard InChI is InChI=1S/C20H33N3OSi.H3N/c1-20(2,3)25(5,6)24-16-9-7-14(8-10-16)17-12-19-15(11-18(17)21)13-23(4)22-19;/h11-14,16H,7-10,21H2,1-6H3;1H3. The fourth-order valence-corrected chi connectivity index (χ4v) is 5.09. The van der Waals surface area contributed by atoms with Gasteiger partial charge in [-0.05, 0) is 67.4 Å². The number of benzene rings is 1. The van der Waals surface area contributed by atoms with Crippen molar-refractivity contribution >= 4 is 24.9 Å². The van der Waals surface area contributed by atoms with Gasteiger partial charge in [0.25, 0.3) is 0 Å². The fraction of sp³-hybridized carbons (Fsp3) is 0.650.